The van der Waals surface area contributed by atoms with E-state index in [-0.39, 0.29) is 11.6 Å². The predicted molar refractivity (Wildman–Crippen MR) is 89.6 cm³/mol. The number of pyridine rings is 1. The van der Waals surface area contributed by atoms with Crippen LogP contribution in [0.15, 0.2) is 46.4 Å². The molecule has 3 aromatic rings. The Labute approximate surface area is 141 Å². The van der Waals surface area contributed by atoms with Gasteiger partial charge in [0.15, 0.2) is 11.5 Å². The standard InChI is InChI=1S/C16H13N5O2S/c17-10-11-3-1-5-18-15(11)19-6-7-20-16(22)12-9-13(23-21-12)14-4-2-8-24-14/h1-5,8-9H,6-7H2,(H,18,19)(H,20,22). The van der Waals surface area contributed by atoms with Crippen molar-refractivity contribution in [2.45, 2.75) is 0 Å². The lowest BCUT2D eigenvalue weighted by Crippen LogP contribution is -2.29. The van der Waals surface area contributed by atoms with Gasteiger partial charge in [-0.05, 0) is 23.6 Å². The highest BCUT2D eigenvalue weighted by Gasteiger charge is 2.13. The predicted octanol–water partition coefficient (Wildman–Crippen LogP) is 2.51. The van der Waals surface area contributed by atoms with Crippen molar-refractivity contribution in [2.75, 3.05) is 18.4 Å². The molecule has 2 N–H and O–H groups in total. The summed E-state index contributed by atoms with van der Waals surface area (Å²) >= 11 is 1.51. The second kappa shape index (κ2) is 7.39. The van der Waals surface area contributed by atoms with Crippen molar-refractivity contribution in [1.29, 1.82) is 5.26 Å². The molecule has 0 aliphatic rings. The van der Waals surface area contributed by atoms with Gasteiger partial charge in [0, 0.05) is 25.4 Å². The lowest BCUT2D eigenvalue weighted by Gasteiger charge is -2.07. The topological polar surface area (TPSA) is 104 Å². The number of hydrogen-bond donors (Lipinski definition) is 2. The minimum absolute atomic E-state index is 0.231. The Morgan fingerprint density at radius 3 is 3.04 bits per heavy atom. The van der Waals surface area contributed by atoms with E-state index in [1.54, 1.807) is 24.4 Å². The number of anilines is 1. The maximum atomic E-state index is 12.0. The molecule has 3 rings (SSSR count). The molecule has 0 fully saturated rings. The average molecular weight is 339 g/mol. The fourth-order valence-electron chi connectivity index (χ4n) is 2.00. The van der Waals surface area contributed by atoms with E-state index >= 15 is 0 Å². The van der Waals surface area contributed by atoms with Crippen LogP contribution in [0.2, 0.25) is 0 Å². The first kappa shape index (κ1) is 15.7. The molecule has 0 aromatic carbocycles. The highest BCUT2D eigenvalue weighted by atomic mass is 32.1. The quantitative estimate of drug-likeness (QED) is 0.669. The zero-order valence-corrected chi connectivity index (χ0v) is 13.3. The van der Waals surface area contributed by atoms with Gasteiger partial charge >= 0.3 is 0 Å². The fourth-order valence-corrected chi connectivity index (χ4v) is 2.67. The third-order valence-electron chi connectivity index (χ3n) is 3.14. The molecule has 0 aliphatic carbocycles. The van der Waals surface area contributed by atoms with Crippen molar-refractivity contribution < 1.29 is 9.32 Å². The summed E-state index contributed by atoms with van der Waals surface area (Å²) < 4.78 is 5.17. The number of carbonyl (C=O) groups excluding carboxylic acids is 1. The largest absolute Gasteiger partial charge is 0.367 e. The van der Waals surface area contributed by atoms with Gasteiger partial charge in [-0.2, -0.15) is 5.26 Å². The summed E-state index contributed by atoms with van der Waals surface area (Å²) in [6.07, 6.45) is 1.60. The smallest absolute Gasteiger partial charge is 0.273 e. The Morgan fingerprint density at radius 1 is 1.33 bits per heavy atom. The molecule has 7 nitrogen and oxygen atoms in total. The summed E-state index contributed by atoms with van der Waals surface area (Å²) in [6, 6.07) is 10.8. The summed E-state index contributed by atoms with van der Waals surface area (Å²) in [4.78, 5) is 17.0. The van der Waals surface area contributed by atoms with Crippen LogP contribution in [0, 0.1) is 11.3 Å². The zero-order chi connectivity index (χ0) is 16.8. The van der Waals surface area contributed by atoms with Crippen LogP contribution in [0.5, 0.6) is 0 Å². The van der Waals surface area contributed by atoms with Gasteiger partial charge in [-0.15, -0.1) is 11.3 Å². The summed E-state index contributed by atoms with van der Waals surface area (Å²) in [7, 11) is 0. The summed E-state index contributed by atoms with van der Waals surface area (Å²) in [5, 5.41) is 20.4. The molecule has 0 aliphatic heterocycles. The molecule has 0 bridgehead atoms. The van der Waals surface area contributed by atoms with E-state index in [2.05, 4.69) is 26.8 Å². The van der Waals surface area contributed by atoms with Crippen molar-refractivity contribution in [1.82, 2.24) is 15.5 Å². The Hall–Kier alpha value is -3.18. The van der Waals surface area contributed by atoms with Gasteiger partial charge in [-0.25, -0.2) is 4.98 Å². The van der Waals surface area contributed by atoms with E-state index < -0.39 is 0 Å². The molecular weight excluding hydrogens is 326 g/mol. The number of rotatable bonds is 6. The second-order valence-corrected chi connectivity index (χ2v) is 5.70. The van der Waals surface area contributed by atoms with Gasteiger partial charge in [0.05, 0.1) is 10.4 Å². The van der Waals surface area contributed by atoms with E-state index in [4.69, 9.17) is 9.78 Å². The third-order valence-corrected chi connectivity index (χ3v) is 4.02. The Morgan fingerprint density at radius 2 is 2.25 bits per heavy atom. The van der Waals surface area contributed by atoms with Gasteiger partial charge in [-0.3, -0.25) is 4.79 Å². The minimum Gasteiger partial charge on any atom is -0.367 e. The Bertz CT molecular complexity index is 867. The molecule has 120 valence electrons. The number of thiophene rings is 1. The molecule has 0 unspecified atom stereocenters. The summed E-state index contributed by atoms with van der Waals surface area (Å²) in [5.74, 6) is 0.751. The van der Waals surface area contributed by atoms with Gasteiger partial charge in [0.25, 0.3) is 5.91 Å². The van der Waals surface area contributed by atoms with Crippen molar-refractivity contribution in [3.8, 4) is 16.7 Å². The third kappa shape index (κ3) is 3.59. The SMILES string of the molecule is N#Cc1cccnc1NCCNC(=O)c1cc(-c2cccs2)on1. The van der Waals surface area contributed by atoms with E-state index in [1.807, 2.05) is 17.5 Å². The van der Waals surface area contributed by atoms with E-state index in [0.717, 1.165) is 4.88 Å². The van der Waals surface area contributed by atoms with Crippen LogP contribution in [0.25, 0.3) is 10.6 Å². The molecule has 3 heterocycles. The molecule has 0 atom stereocenters. The van der Waals surface area contributed by atoms with Crippen LogP contribution in [0.4, 0.5) is 5.82 Å². The number of amides is 1. The van der Waals surface area contributed by atoms with Crippen molar-refractivity contribution >= 4 is 23.1 Å². The first-order valence-electron chi connectivity index (χ1n) is 7.15. The average Bonchev–Trinajstić information content (AvgIpc) is 3.29. The molecule has 0 radical (unpaired) electrons. The lowest BCUT2D eigenvalue weighted by molar-refractivity contribution is 0.0946. The van der Waals surface area contributed by atoms with Crippen LogP contribution >= 0.6 is 11.3 Å². The van der Waals surface area contributed by atoms with Crippen molar-refractivity contribution in [2.24, 2.45) is 0 Å². The van der Waals surface area contributed by atoms with Gasteiger partial charge in [0.1, 0.15) is 11.9 Å². The number of nitrogens with zero attached hydrogens (tertiary/aromatic N) is 3. The molecule has 1 amide bonds. The molecule has 0 saturated heterocycles. The van der Waals surface area contributed by atoms with E-state index in [9.17, 15) is 4.79 Å². The van der Waals surface area contributed by atoms with Gasteiger partial charge in [-0.1, -0.05) is 11.2 Å². The molecular formula is C16H13N5O2S. The van der Waals surface area contributed by atoms with E-state index in [0.29, 0.717) is 30.2 Å². The van der Waals surface area contributed by atoms with Crippen LogP contribution in [-0.2, 0) is 0 Å². The maximum Gasteiger partial charge on any atom is 0.273 e. The molecule has 0 spiro atoms. The first-order valence-corrected chi connectivity index (χ1v) is 8.03. The molecule has 0 saturated carbocycles. The second-order valence-electron chi connectivity index (χ2n) is 4.75. The summed E-state index contributed by atoms with van der Waals surface area (Å²) in [5.41, 5.74) is 0.690. The number of nitriles is 1. The summed E-state index contributed by atoms with van der Waals surface area (Å²) in [6.45, 7) is 0.800. The Balaban J connectivity index is 1.50. The Kier molecular flexibility index (Phi) is 4.84. The van der Waals surface area contributed by atoms with Crippen LogP contribution in [0.1, 0.15) is 16.1 Å². The number of aromatic nitrogens is 2. The van der Waals surface area contributed by atoms with Crippen molar-refractivity contribution in [3.05, 3.63) is 53.2 Å². The monoisotopic (exact) mass is 339 g/mol. The molecule has 3 aromatic heterocycles. The number of hydrogen-bond acceptors (Lipinski definition) is 7. The van der Waals surface area contributed by atoms with Gasteiger partial charge in [0.2, 0.25) is 0 Å². The maximum absolute atomic E-state index is 12.0. The zero-order valence-electron chi connectivity index (χ0n) is 12.5. The number of carbonyl (C=O) groups is 1. The lowest BCUT2D eigenvalue weighted by atomic mass is 10.3. The molecule has 8 heteroatoms. The number of nitrogens with one attached hydrogen (secondary N) is 2. The van der Waals surface area contributed by atoms with Crippen molar-refractivity contribution in [3.63, 3.8) is 0 Å². The normalized spacial score (nSPS) is 10.1. The van der Waals surface area contributed by atoms with E-state index in [1.165, 1.54) is 11.3 Å². The highest BCUT2D eigenvalue weighted by Crippen LogP contribution is 2.24. The fraction of sp³-hybridized carbons (Fsp3) is 0.125. The van der Waals surface area contributed by atoms with Crippen LogP contribution in [0.3, 0.4) is 0 Å². The minimum atomic E-state index is -0.315. The highest BCUT2D eigenvalue weighted by molar-refractivity contribution is 7.13. The molecule has 24 heavy (non-hydrogen) atoms. The van der Waals surface area contributed by atoms with Crippen LogP contribution < -0.4 is 10.6 Å². The first-order chi connectivity index (χ1) is 11.8. The van der Waals surface area contributed by atoms with Gasteiger partial charge < -0.3 is 15.2 Å². The van der Waals surface area contributed by atoms with Crippen LogP contribution in [-0.4, -0.2) is 29.1 Å².